The predicted molar refractivity (Wildman–Crippen MR) is 149 cm³/mol. The molecule has 2 heterocycles. The molecule has 37 heavy (non-hydrogen) atoms. The lowest BCUT2D eigenvalue weighted by atomic mass is 9.86. The van der Waals surface area contributed by atoms with Crippen LogP contribution in [0, 0.1) is 17.2 Å². The van der Waals surface area contributed by atoms with Gasteiger partial charge in [0, 0.05) is 24.6 Å². The van der Waals surface area contributed by atoms with E-state index in [4.69, 9.17) is 4.98 Å². The highest BCUT2D eigenvalue weighted by molar-refractivity contribution is 6.02. The molecule has 0 bridgehead atoms. The topological polar surface area (TPSA) is 66.8 Å². The highest BCUT2D eigenvalue weighted by atomic mass is 16.3. The zero-order valence-corrected chi connectivity index (χ0v) is 21.6. The second-order valence-electron chi connectivity index (χ2n) is 11.1. The van der Waals surface area contributed by atoms with E-state index in [1.165, 1.54) is 43.4 Å². The lowest BCUT2D eigenvalue weighted by Gasteiger charge is -2.28. The van der Waals surface area contributed by atoms with Crippen molar-refractivity contribution >= 4 is 11.0 Å². The summed E-state index contributed by atoms with van der Waals surface area (Å²) >= 11 is 0. The molecule has 2 saturated carbocycles. The molecule has 5 nitrogen and oxygen atoms in total. The van der Waals surface area contributed by atoms with Gasteiger partial charge in [-0.3, -0.25) is 5.41 Å². The average molecular weight is 495 g/mol. The van der Waals surface area contributed by atoms with E-state index < -0.39 is 0 Å². The van der Waals surface area contributed by atoms with Gasteiger partial charge in [0.1, 0.15) is 11.1 Å². The number of aliphatic hydroxyl groups excluding tert-OH is 1. The van der Waals surface area contributed by atoms with Crippen LogP contribution in [-0.2, 0) is 13.1 Å². The molecule has 5 heteroatoms. The molecule has 0 aliphatic heterocycles. The van der Waals surface area contributed by atoms with Crippen LogP contribution in [0.4, 0.5) is 0 Å². The smallest absolute Gasteiger partial charge is 0.146 e. The van der Waals surface area contributed by atoms with Crippen molar-refractivity contribution in [1.29, 1.82) is 5.41 Å². The summed E-state index contributed by atoms with van der Waals surface area (Å²) < 4.78 is 4.40. The van der Waals surface area contributed by atoms with Crippen molar-refractivity contribution in [3.8, 4) is 22.4 Å². The molecule has 0 saturated heterocycles. The number of hydrogen-bond donors (Lipinski definition) is 2. The third kappa shape index (κ3) is 4.77. The number of hydrogen-bond acceptors (Lipinski definition) is 3. The van der Waals surface area contributed by atoms with Gasteiger partial charge in [-0.2, -0.15) is 0 Å². The molecule has 2 N–H and O–H groups in total. The second kappa shape index (κ2) is 10.7. The summed E-state index contributed by atoms with van der Waals surface area (Å²) in [6.07, 6.45) is 12.1. The van der Waals surface area contributed by atoms with E-state index in [9.17, 15) is 10.5 Å². The maximum atomic E-state index is 10.6. The van der Waals surface area contributed by atoms with Crippen LogP contribution in [0.3, 0.4) is 0 Å². The van der Waals surface area contributed by atoms with Crippen LogP contribution in [0.1, 0.15) is 57.8 Å². The molecule has 0 unspecified atom stereocenters. The lowest BCUT2D eigenvalue weighted by molar-refractivity contribution is 0.0598. The third-order valence-corrected chi connectivity index (χ3v) is 8.65. The van der Waals surface area contributed by atoms with Crippen LogP contribution in [0.5, 0.6) is 0 Å². The molecule has 0 spiro atoms. The van der Waals surface area contributed by atoms with Crippen molar-refractivity contribution in [3.05, 3.63) is 72.5 Å². The summed E-state index contributed by atoms with van der Waals surface area (Å²) in [7, 11) is 0. The van der Waals surface area contributed by atoms with Gasteiger partial charge in [-0.25, -0.2) is 4.98 Å². The lowest BCUT2D eigenvalue weighted by Crippen LogP contribution is -2.32. The molecule has 4 aromatic rings. The maximum absolute atomic E-state index is 10.6. The number of aliphatic hydroxyl groups is 1. The van der Waals surface area contributed by atoms with E-state index in [2.05, 4.69) is 65.2 Å². The fraction of sp³-hybridized carbons (Fsp3) is 0.438. The third-order valence-electron chi connectivity index (χ3n) is 8.65. The van der Waals surface area contributed by atoms with Gasteiger partial charge in [-0.05, 0) is 42.7 Å². The zero-order chi connectivity index (χ0) is 25.2. The molecule has 2 aromatic carbocycles. The van der Waals surface area contributed by atoms with Gasteiger partial charge in [-0.1, -0.05) is 92.8 Å². The Bertz CT molecular complexity index is 1400. The molecule has 2 atom stereocenters. The molecule has 0 radical (unpaired) electrons. The molecule has 2 fully saturated rings. The molecule has 6 rings (SSSR count). The Morgan fingerprint density at radius 2 is 1.43 bits per heavy atom. The first-order valence-electron chi connectivity index (χ1n) is 14.2. The Kier molecular flexibility index (Phi) is 6.97. The fourth-order valence-corrected chi connectivity index (χ4v) is 6.67. The highest BCUT2D eigenvalue weighted by Gasteiger charge is 2.27. The van der Waals surface area contributed by atoms with Crippen molar-refractivity contribution < 1.29 is 5.11 Å². The minimum absolute atomic E-state index is 0.181. The van der Waals surface area contributed by atoms with Crippen LogP contribution < -0.4 is 5.49 Å². The Morgan fingerprint density at radius 1 is 0.784 bits per heavy atom. The van der Waals surface area contributed by atoms with Crippen molar-refractivity contribution in [2.24, 2.45) is 11.8 Å². The van der Waals surface area contributed by atoms with Gasteiger partial charge < -0.3 is 14.2 Å². The Morgan fingerprint density at radius 3 is 2.14 bits per heavy atom. The first-order valence-corrected chi connectivity index (χ1v) is 14.2. The van der Waals surface area contributed by atoms with E-state index >= 15 is 0 Å². The van der Waals surface area contributed by atoms with Crippen LogP contribution in [0.2, 0.25) is 0 Å². The number of benzene rings is 2. The number of nitrogens with one attached hydrogen (secondary N) is 1. The Balaban J connectivity index is 1.58. The normalized spacial score (nSPS) is 20.9. The van der Waals surface area contributed by atoms with Gasteiger partial charge in [0.25, 0.3) is 0 Å². The van der Waals surface area contributed by atoms with Crippen LogP contribution in [0.15, 0.2) is 67.0 Å². The van der Waals surface area contributed by atoms with Gasteiger partial charge in [0.2, 0.25) is 0 Å². The minimum Gasteiger partial charge on any atom is -0.393 e. The summed E-state index contributed by atoms with van der Waals surface area (Å²) in [6, 6.07) is 21.2. The molecule has 0 amide bonds. The first kappa shape index (κ1) is 24.2. The molecule has 2 aliphatic carbocycles. The standard InChI is InChI=1S/C32H38N4O/c33-31-29-28(24-14-6-2-7-15-24)30(25-16-8-3-9-17-25)36(20-23-12-4-1-5-13-23)32(29)34-22-35(31)21-26-18-10-11-19-27(26)37/h2-3,6-9,14-17,22-23,26-27,33,37H,1,4-5,10-13,18-21H2/t26-,27+/m1/s1. The predicted octanol–water partition coefficient (Wildman–Crippen LogP) is 6.78. The van der Waals surface area contributed by atoms with E-state index in [1.807, 2.05) is 10.9 Å². The van der Waals surface area contributed by atoms with Gasteiger partial charge in [0.15, 0.2) is 0 Å². The fourth-order valence-electron chi connectivity index (χ4n) is 6.67. The summed E-state index contributed by atoms with van der Waals surface area (Å²) in [5.41, 5.74) is 5.98. The largest absolute Gasteiger partial charge is 0.393 e. The molecule has 192 valence electrons. The van der Waals surface area contributed by atoms with Crippen LogP contribution in [-0.4, -0.2) is 25.3 Å². The van der Waals surface area contributed by atoms with Gasteiger partial charge in [-0.15, -0.1) is 0 Å². The van der Waals surface area contributed by atoms with E-state index in [0.717, 1.165) is 54.4 Å². The van der Waals surface area contributed by atoms with Crippen LogP contribution >= 0.6 is 0 Å². The van der Waals surface area contributed by atoms with Crippen LogP contribution in [0.25, 0.3) is 33.4 Å². The molecule has 2 aliphatic rings. The Hall–Kier alpha value is -3.18. The summed E-state index contributed by atoms with van der Waals surface area (Å²) in [4.78, 5) is 5.05. The number of nitrogens with zero attached hydrogens (tertiary/aromatic N) is 3. The highest BCUT2D eigenvalue weighted by Crippen LogP contribution is 2.40. The van der Waals surface area contributed by atoms with Crippen molar-refractivity contribution in [1.82, 2.24) is 14.1 Å². The van der Waals surface area contributed by atoms with E-state index in [0.29, 0.717) is 18.0 Å². The number of rotatable bonds is 6. The Labute approximate surface area is 219 Å². The molecular weight excluding hydrogens is 456 g/mol. The summed E-state index contributed by atoms with van der Waals surface area (Å²) in [5.74, 6) is 0.816. The van der Waals surface area contributed by atoms with Gasteiger partial charge >= 0.3 is 0 Å². The summed E-state index contributed by atoms with van der Waals surface area (Å²) in [6.45, 7) is 1.58. The minimum atomic E-state index is -0.291. The zero-order valence-electron chi connectivity index (χ0n) is 21.6. The van der Waals surface area contributed by atoms with Gasteiger partial charge in [0.05, 0.1) is 23.5 Å². The molecule has 2 aromatic heterocycles. The van der Waals surface area contributed by atoms with Crippen molar-refractivity contribution in [3.63, 3.8) is 0 Å². The quantitative estimate of drug-likeness (QED) is 0.310. The van der Waals surface area contributed by atoms with Crippen molar-refractivity contribution in [2.45, 2.75) is 77.0 Å². The number of fused-ring (bicyclic) bond motifs is 1. The molecular formula is C32H38N4O. The second-order valence-corrected chi connectivity index (χ2v) is 11.1. The number of aromatic nitrogens is 3. The maximum Gasteiger partial charge on any atom is 0.146 e. The van der Waals surface area contributed by atoms with E-state index in [1.54, 1.807) is 0 Å². The average Bonchev–Trinajstić information content (AvgIpc) is 3.27. The van der Waals surface area contributed by atoms with E-state index in [-0.39, 0.29) is 12.0 Å². The SMILES string of the molecule is N=c1c2c(-c3ccccc3)c(-c3ccccc3)n(CC3CCCCC3)c2ncn1C[C@H]1CCCC[C@@H]1O. The summed E-state index contributed by atoms with van der Waals surface area (Å²) in [5, 5.41) is 21.0. The van der Waals surface area contributed by atoms with Crippen molar-refractivity contribution in [2.75, 3.05) is 0 Å². The first-order chi connectivity index (χ1) is 18.2. The monoisotopic (exact) mass is 494 g/mol.